The van der Waals surface area contributed by atoms with Crippen LogP contribution in [0.5, 0.6) is 5.75 Å². The number of nitrogens with one attached hydrogen (secondary N) is 3. The second-order valence-electron chi connectivity index (χ2n) is 18.8. The Morgan fingerprint density at radius 2 is 1.67 bits per heavy atom. The molecule has 0 bridgehead atoms. The van der Waals surface area contributed by atoms with Crippen molar-refractivity contribution < 1.29 is 41.8 Å². The lowest BCUT2D eigenvalue weighted by atomic mass is 9.94. The molecule has 5 atom stereocenters. The standard InChI is InChI=1S/C46H54ClF3N8O6/c1-24(2)37(55-43(62)63-9)41(60)58-23-30-36(45(30,7)8)38(58)39-52-21-33(53-39)27-12-10-26(11-13-27)29-18-31(47)32(19-34(29)64-46(48,49)50)54-40(59)28-14-15-35(51-20-28)57-17-16-56(22-25(57)3)42(61)44(4,5)6/h10-15,18-21,24-25,30,36-38H,16-17,22-23H2,1-9H3,(H,52,53)(H,54,59)(H,55,62)/t25-,30+,36?,37+,38+/m1/s1. The molecule has 2 aromatic heterocycles. The van der Waals surface area contributed by atoms with Gasteiger partial charge in [-0.2, -0.15) is 0 Å². The predicted molar refractivity (Wildman–Crippen MR) is 236 cm³/mol. The molecule has 2 aromatic carbocycles. The van der Waals surface area contributed by atoms with Gasteiger partial charge in [0.05, 0.1) is 35.1 Å². The number of imidazole rings is 1. The van der Waals surface area contributed by atoms with Gasteiger partial charge in [0.15, 0.2) is 0 Å². The van der Waals surface area contributed by atoms with Crippen molar-refractivity contribution in [3.63, 3.8) is 0 Å². The topological polar surface area (TPSA) is 162 Å². The van der Waals surface area contributed by atoms with Crippen molar-refractivity contribution in [1.82, 2.24) is 30.1 Å². The third-order valence-corrected chi connectivity index (χ3v) is 13.0. The van der Waals surface area contributed by atoms with E-state index in [9.17, 15) is 32.3 Å². The first-order chi connectivity index (χ1) is 30.0. The fourth-order valence-electron chi connectivity index (χ4n) is 9.09. The molecule has 2 aliphatic heterocycles. The number of pyridine rings is 1. The largest absolute Gasteiger partial charge is 0.573 e. The lowest BCUT2D eigenvalue weighted by Gasteiger charge is -2.42. The van der Waals surface area contributed by atoms with Gasteiger partial charge < -0.3 is 39.8 Å². The average molecular weight is 907 g/mol. The molecule has 0 radical (unpaired) electrons. The number of nitrogens with zero attached hydrogens (tertiary/aromatic N) is 5. The maximum atomic E-state index is 13.9. The maximum absolute atomic E-state index is 13.9. The van der Waals surface area contributed by atoms with Crippen LogP contribution in [0.15, 0.2) is 60.9 Å². The number of alkyl carbamates (subject to hydrolysis) is 1. The zero-order valence-corrected chi connectivity index (χ0v) is 38.0. The van der Waals surface area contributed by atoms with Gasteiger partial charge in [-0.25, -0.2) is 14.8 Å². The van der Waals surface area contributed by atoms with Crippen molar-refractivity contribution in [3.05, 3.63) is 77.3 Å². The zero-order valence-electron chi connectivity index (χ0n) is 37.3. The van der Waals surface area contributed by atoms with E-state index >= 15 is 0 Å². The van der Waals surface area contributed by atoms with Crippen LogP contribution in [0.4, 0.5) is 29.5 Å². The summed E-state index contributed by atoms with van der Waals surface area (Å²) in [4.78, 5) is 70.6. The van der Waals surface area contributed by atoms with Gasteiger partial charge in [0.1, 0.15) is 23.4 Å². The van der Waals surface area contributed by atoms with Crippen molar-refractivity contribution in [1.29, 1.82) is 0 Å². The SMILES string of the molecule is COC(=O)N[C@H](C(=O)N1C[C@H]2C([C@H]1c1nc(-c3ccc(-c4cc(Cl)c(NC(=O)c5ccc(N6CCN(C(=O)C(C)(C)C)C[C@H]6C)nc5)cc4OC(F)(F)F)cc3)c[nH]1)C2(C)C)C(C)C. The van der Waals surface area contributed by atoms with Crippen LogP contribution in [0.2, 0.25) is 5.02 Å². The molecule has 3 N–H and O–H groups in total. The minimum absolute atomic E-state index is 0.0237. The van der Waals surface area contributed by atoms with Crippen LogP contribution in [0, 0.1) is 28.6 Å². The number of halogens is 4. The molecule has 4 aromatic rings. The number of anilines is 2. The number of aromatic nitrogens is 3. The quantitative estimate of drug-likeness (QED) is 0.142. The summed E-state index contributed by atoms with van der Waals surface area (Å²) in [5.74, 6) is 0.00810. The highest BCUT2D eigenvalue weighted by Crippen LogP contribution is 2.69. The molecule has 18 heteroatoms. The highest BCUT2D eigenvalue weighted by atomic mass is 35.5. The van der Waals surface area contributed by atoms with E-state index in [1.165, 1.54) is 19.4 Å². The fourth-order valence-corrected chi connectivity index (χ4v) is 9.30. The number of carbonyl (C=O) groups is 4. The number of hydrogen-bond donors (Lipinski definition) is 3. The Bertz CT molecular complexity index is 2420. The Morgan fingerprint density at radius 3 is 2.27 bits per heavy atom. The van der Waals surface area contributed by atoms with Crippen LogP contribution in [0.3, 0.4) is 0 Å². The third-order valence-electron chi connectivity index (χ3n) is 12.7. The summed E-state index contributed by atoms with van der Waals surface area (Å²) in [6, 6.07) is 11.0. The van der Waals surface area contributed by atoms with Crippen LogP contribution in [-0.4, -0.2) is 100 Å². The number of H-pyrrole nitrogens is 1. The summed E-state index contributed by atoms with van der Waals surface area (Å²) in [5.41, 5.74) is 1.12. The average Bonchev–Trinajstić information content (AvgIpc) is 3.61. The lowest BCUT2D eigenvalue weighted by molar-refractivity contribution is -0.274. The molecule has 1 unspecified atom stereocenters. The first-order valence-corrected chi connectivity index (χ1v) is 21.6. The maximum Gasteiger partial charge on any atom is 0.573 e. The van der Waals surface area contributed by atoms with Crippen LogP contribution < -0.4 is 20.3 Å². The Kier molecular flexibility index (Phi) is 12.5. The van der Waals surface area contributed by atoms with E-state index in [0.717, 1.165) is 6.07 Å². The molecule has 4 amide bonds. The number of piperidine rings is 1. The molecular weight excluding hydrogens is 853 g/mol. The molecule has 1 saturated carbocycles. The summed E-state index contributed by atoms with van der Waals surface area (Å²) < 4.78 is 50.7. The van der Waals surface area contributed by atoms with Crippen LogP contribution in [0.25, 0.3) is 22.4 Å². The van der Waals surface area contributed by atoms with E-state index in [-0.39, 0.29) is 68.9 Å². The van der Waals surface area contributed by atoms with Crippen LogP contribution in [0.1, 0.15) is 77.6 Å². The number of likely N-dealkylation sites (tertiary alicyclic amines) is 1. The van der Waals surface area contributed by atoms with Crippen molar-refractivity contribution in [2.24, 2.45) is 28.6 Å². The van der Waals surface area contributed by atoms with E-state index in [1.54, 1.807) is 47.5 Å². The molecule has 1 aliphatic carbocycles. The number of aromatic amines is 1. The minimum Gasteiger partial charge on any atom is -0.453 e. The van der Waals surface area contributed by atoms with Gasteiger partial charge in [-0.15, -0.1) is 13.2 Å². The fraction of sp³-hybridized carbons (Fsp3) is 0.478. The van der Waals surface area contributed by atoms with E-state index in [1.807, 2.05) is 46.4 Å². The van der Waals surface area contributed by atoms with Gasteiger partial charge in [-0.1, -0.05) is 84.3 Å². The van der Waals surface area contributed by atoms with Crippen LogP contribution >= 0.6 is 11.6 Å². The van der Waals surface area contributed by atoms with Crippen LogP contribution in [-0.2, 0) is 14.3 Å². The Hall–Kier alpha value is -5.84. The molecular formula is C46H54ClF3N8O6. The van der Waals surface area contributed by atoms with E-state index in [2.05, 4.69) is 44.1 Å². The number of methoxy groups -OCH3 is 1. The molecule has 2 saturated heterocycles. The van der Waals surface area contributed by atoms with Crippen molar-refractivity contribution in [2.45, 2.75) is 79.9 Å². The van der Waals surface area contributed by atoms with Gasteiger partial charge in [-0.3, -0.25) is 14.4 Å². The number of rotatable bonds is 10. The number of ether oxygens (including phenoxy) is 2. The Labute approximate surface area is 375 Å². The highest BCUT2D eigenvalue weighted by Gasteiger charge is 2.68. The minimum atomic E-state index is -5.06. The normalized spacial score (nSPS) is 21.0. The number of carbonyl (C=O) groups excluding carboxylic acids is 4. The monoisotopic (exact) mass is 906 g/mol. The molecule has 4 heterocycles. The summed E-state index contributed by atoms with van der Waals surface area (Å²) in [7, 11) is 1.25. The smallest absolute Gasteiger partial charge is 0.453 e. The summed E-state index contributed by atoms with van der Waals surface area (Å²) in [5, 5.41) is 5.24. The zero-order chi connectivity index (χ0) is 46.6. The second-order valence-corrected chi connectivity index (χ2v) is 19.2. The second kappa shape index (κ2) is 17.3. The first-order valence-electron chi connectivity index (χ1n) is 21.2. The lowest BCUT2D eigenvalue weighted by Crippen LogP contribution is -2.56. The molecule has 0 spiro atoms. The predicted octanol–water partition coefficient (Wildman–Crippen LogP) is 8.56. The number of fused-ring (bicyclic) bond motifs is 1. The highest BCUT2D eigenvalue weighted by molar-refractivity contribution is 6.34. The van der Waals surface area contributed by atoms with E-state index < -0.39 is 35.6 Å². The van der Waals surface area contributed by atoms with Gasteiger partial charge >= 0.3 is 12.5 Å². The first kappa shape index (κ1) is 46.2. The van der Waals surface area contributed by atoms with E-state index in [4.69, 9.17) is 21.3 Å². The summed E-state index contributed by atoms with van der Waals surface area (Å²) in [6.45, 7) is 17.8. The van der Waals surface area contributed by atoms with Crippen molar-refractivity contribution >= 4 is 46.9 Å². The van der Waals surface area contributed by atoms with E-state index in [0.29, 0.717) is 54.6 Å². The van der Waals surface area contributed by atoms with Crippen molar-refractivity contribution in [2.75, 3.05) is 43.5 Å². The summed E-state index contributed by atoms with van der Waals surface area (Å²) >= 11 is 6.62. The molecule has 14 nitrogen and oxygen atoms in total. The molecule has 7 rings (SSSR count). The number of benzene rings is 2. The summed E-state index contributed by atoms with van der Waals surface area (Å²) in [6.07, 6.45) is -2.66. The molecule has 3 aliphatic rings. The Morgan fingerprint density at radius 1 is 0.984 bits per heavy atom. The molecule has 3 fully saturated rings. The Balaban J connectivity index is 1.07. The van der Waals surface area contributed by atoms with Gasteiger partial charge in [-0.05, 0) is 53.9 Å². The van der Waals surface area contributed by atoms with Gasteiger partial charge in [0.2, 0.25) is 11.8 Å². The van der Waals surface area contributed by atoms with Gasteiger partial charge in [0.25, 0.3) is 5.91 Å². The van der Waals surface area contributed by atoms with Gasteiger partial charge in [0, 0.05) is 67.2 Å². The molecule has 64 heavy (non-hydrogen) atoms. The number of piperazine rings is 1. The number of hydrogen-bond acceptors (Lipinski definition) is 9. The van der Waals surface area contributed by atoms with Crippen molar-refractivity contribution in [3.8, 4) is 28.1 Å². The molecule has 342 valence electrons. The number of alkyl halides is 3. The third kappa shape index (κ3) is 9.35. The number of amides is 4.